The van der Waals surface area contributed by atoms with Crippen molar-refractivity contribution in [3.05, 3.63) is 65.0 Å². The van der Waals surface area contributed by atoms with Crippen molar-refractivity contribution in [1.82, 2.24) is 10.3 Å². The zero-order valence-corrected chi connectivity index (χ0v) is 14.1. The van der Waals surface area contributed by atoms with Crippen molar-refractivity contribution in [2.75, 3.05) is 6.54 Å². The van der Waals surface area contributed by atoms with E-state index >= 15 is 0 Å². The highest BCUT2D eigenvalue weighted by atomic mass is 16.4. The van der Waals surface area contributed by atoms with Crippen LogP contribution < -0.4 is 5.32 Å². The molecule has 2 rings (SSSR count). The molecule has 6 heteroatoms. The van der Waals surface area contributed by atoms with Gasteiger partial charge in [-0.25, -0.2) is 4.98 Å². The highest BCUT2D eigenvalue weighted by Crippen LogP contribution is 2.28. The molecule has 2 aromatic rings. The molecular formula is C19H19N3O3. The third-order valence-corrected chi connectivity index (χ3v) is 4.33. The molecule has 1 amide bonds. The van der Waals surface area contributed by atoms with Crippen LogP contribution in [0.3, 0.4) is 0 Å². The molecular weight excluding hydrogens is 318 g/mol. The van der Waals surface area contributed by atoms with E-state index < -0.39 is 17.3 Å². The lowest BCUT2D eigenvalue weighted by atomic mass is 9.78. The highest BCUT2D eigenvalue weighted by molar-refractivity contribution is 5.93. The number of nitriles is 1. The van der Waals surface area contributed by atoms with Crippen LogP contribution in [0.5, 0.6) is 0 Å². The standard InChI is InChI=1S/C19H19N3O3/c1-3-19(18(24)25,15-7-5-4-6-8-15)12-21-17(23)16-10-9-14(11-20)13(2)22-16/h4-10H,3,12H2,1-2H3,(H,21,23)(H,24,25). The number of aliphatic carboxylic acids is 1. The number of carbonyl (C=O) groups is 2. The van der Waals surface area contributed by atoms with Crippen LogP contribution in [-0.2, 0) is 10.2 Å². The number of benzene rings is 1. The quantitative estimate of drug-likeness (QED) is 0.842. The SMILES string of the molecule is CCC(CNC(=O)c1ccc(C#N)c(C)n1)(C(=O)O)c1ccccc1. The van der Waals surface area contributed by atoms with E-state index in [1.807, 2.05) is 12.1 Å². The second-order valence-corrected chi connectivity index (χ2v) is 5.73. The Labute approximate surface area is 146 Å². The van der Waals surface area contributed by atoms with Crippen LogP contribution in [0.15, 0.2) is 42.5 Å². The maximum absolute atomic E-state index is 12.4. The van der Waals surface area contributed by atoms with E-state index in [0.29, 0.717) is 23.2 Å². The molecule has 1 aromatic heterocycles. The fraction of sp³-hybridized carbons (Fsp3) is 0.263. The Bertz CT molecular complexity index is 828. The maximum atomic E-state index is 12.4. The average molecular weight is 337 g/mol. The van der Waals surface area contributed by atoms with Gasteiger partial charge in [0.1, 0.15) is 17.2 Å². The van der Waals surface area contributed by atoms with Crippen LogP contribution in [0.2, 0.25) is 0 Å². The van der Waals surface area contributed by atoms with Crippen LogP contribution in [0.4, 0.5) is 0 Å². The van der Waals surface area contributed by atoms with Crippen LogP contribution in [0, 0.1) is 18.3 Å². The van der Waals surface area contributed by atoms with Crippen molar-refractivity contribution in [2.45, 2.75) is 25.7 Å². The lowest BCUT2D eigenvalue weighted by molar-refractivity contribution is -0.143. The number of nitrogens with zero attached hydrogens (tertiary/aromatic N) is 2. The highest BCUT2D eigenvalue weighted by Gasteiger charge is 2.39. The Morgan fingerprint density at radius 3 is 2.44 bits per heavy atom. The summed E-state index contributed by atoms with van der Waals surface area (Å²) in [5, 5.41) is 21.4. The van der Waals surface area contributed by atoms with Crippen molar-refractivity contribution in [1.29, 1.82) is 5.26 Å². The molecule has 0 saturated carbocycles. The van der Waals surface area contributed by atoms with E-state index in [-0.39, 0.29) is 12.2 Å². The molecule has 1 unspecified atom stereocenters. The third kappa shape index (κ3) is 3.66. The van der Waals surface area contributed by atoms with E-state index in [4.69, 9.17) is 5.26 Å². The Morgan fingerprint density at radius 2 is 1.92 bits per heavy atom. The minimum absolute atomic E-state index is 0.0532. The summed E-state index contributed by atoms with van der Waals surface area (Å²) in [7, 11) is 0. The molecule has 0 radical (unpaired) electrons. The molecule has 0 spiro atoms. The number of carbonyl (C=O) groups excluding carboxylic acids is 1. The molecule has 6 nitrogen and oxygen atoms in total. The first kappa shape index (κ1) is 18.1. The molecule has 1 atom stereocenters. The van der Waals surface area contributed by atoms with Gasteiger partial charge in [0.25, 0.3) is 5.91 Å². The van der Waals surface area contributed by atoms with Crippen molar-refractivity contribution < 1.29 is 14.7 Å². The summed E-state index contributed by atoms with van der Waals surface area (Å²) in [4.78, 5) is 28.4. The van der Waals surface area contributed by atoms with Gasteiger partial charge in [0.2, 0.25) is 0 Å². The second kappa shape index (κ2) is 7.58. The van der Waals surface area contributed by atoms with Crippen molar-refractivity contribution >= 4 is 11.9 Å². The van der Waals surface area contributed by atoms with Gasteiger partial charge in [-0.15, -0.1) is 0 Å². The van der Waals surface area contributed by atoms with Crippen molar-refractivity contribution in [3.63, 3.8) is 0 Å². The number of carboxylic acid groups (broad SMARTS) is 1. The monoisotopic (exact) mass is 337 g/mol. The maximum Gasteiger partial charge on any atom is 0.315 e. The summed E-state index contributed by atoms with van der Waals surface area (Å²) in [6.07, 6.45) is 0.326. The number of rotatable bonds is 6. The van der Waals surface area contributed by atoms with Gasteiger partial charge in [0.05, 0.1) is 11.3 Å². The molecule has 1 heterocycles. The summed E-state index contributed by atoms with van der Waals surface area (Å²) in [5.41, 5.74) is 0.431. The van der Waals surface area contributed by atoms with Crippen LogP contribution >= 0.6 is 0 Å². The number of aromatic nitrogens is 1. The molecule has 0 aliphatic heterocycles. The topological polar surface area (TPSA) is 103 Å². The van der Waals surface area contributed by atoms with E-state index in [0.717, 1.165) is 0 Å². The number of aryl methyl sites for hydroxylation is 1. The third-order valence-electron chi connectivity index (χ3n) is 4.33. The average Bonchev–Trinajstić information content (AvgIpc) is 2.63. The Kier molecular flexibility index (Phi) is 5.50. The molecule has 0 aliphatic rings. The van der Waals surface area contributed by atoms with Gasteiger partial charge in [0.15, 0.2) is 0 Å². The predicted octanol–water partition coefficient (Wildman–Crippen LogP) is 2.42. The smallest absolute Gasteiger partial charge is 0.315 e. The number of hydrogen-bond acceptors (Lipinski definition) is 4. The molecule has 25 heavy (non-hydrogen) atoms. The number of carboxylic acids is 1. The van der Waals surface area contributed by atoms with Crippen LogP contribution in [0.25, 0.3) is 0 Å². The zero-order chi connectivity index (χ0) is 18.4. The summed E-state index contributed by atoms with van der Waals surface area (Å²) < 4.78 is 0. The predicted molar refractivity (Wildman–Crippen MR) is 92.1 cm³/mol. The van der Waals surface area contributed by atoms with Gasteiger partial charge in [0, 0.05) is 6.54 Å². The fourth-order valence-corrected chi connectivity index (χ4v) is 2.67. The number of nitrogens with one attached hydrogen (secondary N) is 1. The van der Waals surface area contributed by atoms with Gasteiger partial charge < -0.3 is 10.4 Å². The first-order valence-corrected chi connectivity index (χ1v) is 7.89. The first-order chi connectivity index (χ1) is 11.9. The number of pyridine rings is 1. The number of amides is 1. The van der Waals surface area contributed by atoms with E-state index in [2.05, 4.69) is 10.3 Å². The molecule has 0 aliphatic carbocycles. The summed E-state index contributed by atoms with van der Waals surface area (Å²) >= 11 is 0. The summed E-state index contributed by atoms with van der Waals surface area (Å²) in [5.74, 6) is -1.46. The van der Waals surface area contributed by atoms with Gasteiger partial charge in [-0.2, -0.15) is 5.26 Å². The molecule has 128 valence electrons. The number of hydrogen-bond donors (Lipinski definition) is 2. The molecule has 1 aromatic carbocycles. The normalized spacial score (nSPS) is 12.7. The molecule has 0 saturated heterocycles. The minimum atomic E-state index is -1.21. The van der Waals surface area contributed by atoms with Gasteiger partial charge >= 0.3 is 5.97 Å². The first-order valence-electron chi connectivity index (χ1n) is 7.89. The minimum Gasteiger partial charge on any atom is -0.481 e. The second-order valence-electron chi connectivity index (χ2n) is 5.73. The van der Waals surface area contributed by atoms with E-state index in [9.17, 15) is 14.7 Å². The Hall–Kier alpha value is -3.20. The molecule has 0 fully saturated rings. The zero-order valence-electron chi connectivity index (χ0n) is 14.1. The van der Waals surface area contributed by atoms with Crippen LogP contribution in [-0.4, -0.2) is 28.5 Å². The van der Waals surface area contributed by atoms with Gasteiger partial charge in [-0.1, -0.05) is 37.3 Å². The largest absolute Gasteiger partial charge is 0.481 e. The van der Waals surface area contributed by atoms with E-state index in [1.54, 1.807) is 38.1 Å². The molecule has 2 N–H and O–H groups in total. The molecule has 0 bridgehead atoms. The van der Waals surface area contributed by atoms with Crippen LogP contribution in [0.1, 0.15) is 40.7 Å². The Morgan fingerprint density at radius 1 is 1.24 bits per heavy atom. The van der Waals surface area contributed by atoms with Gasteiger partial charge in [-0.05, 0) is 31.0 Å². The van der Waals surface area contributed by atoms with Crippen molar-refractivity contribution in [2.24, 2.45) is 0 Å². The lowest BCUT2D eigenvalue weighted by Crippen LogP contribution is -2.46. The fourth-order valence-electron chi connectivity index (χ4n) is 2.67. The summed E-state index contributed by atoms with van der Waals surface area (Å²) in [6, 6.07) is 13.8. The summed E-state index contributed by atoms with van der Waals surface area (Å²) in [6.45, 7) is 3.37. The lowest BCUT2D eigenvalue weighted by Gasteiger charge is -2.29. The van der Waals surface area contributed by atoms with Crippen molar-refractivity contribution in [3.8, 4) is 6.07 Å². The Balaban J connectivity index is 2.24. The van der Waals surface area contributed by atoms with Gasteiger partial charge in [-0.3, -0.25) is 9.59 Å². The van der Waals surface area contributed by atoms with E-state index in [1.165, 1.54) is 12.1 Å².